The number of hydrogen-bond acceptors (Lipinski definition) is 2. The standard InChI is InChI=1S/C9H15N3S/c1-6(2)12-7(9(3)4-5-9)10-11-8(12)13/h6H,4-5H2,1-3H3,(H,11,13). The Balaban J connectivity index is 2.52. The molecular weight excluding hydrogens is 182 g/mol. The van der Waals surface area contributed by atoms with Crippen molar-refractivity contribution in [1.29, 1.82) is 0 Å². The zero-order chi connectivity index (χ0) is 9.64. The lowest BCUT2D eigenvalue weighted by molar-refractivity contribution is 0.528. The van der Waals surface area contributed by atoms with E-state index in [0.29, 0.717) is 6.04 Å². The lowest BCUT2D eigenvalue weighted by Crippen LogP contribution is -2.13. The Morgan fingerprint density at radius 2 is 2.15 bits per heavy atom. The minimum absolute atomic E-state index is 0.290. The average Bonchev–Trinajstić information content (AvgIpc) is 2.63. The van der Waals surface area contributed by atoms with Gasteiger partial charge in [-0.15, -0.1) is 0 Å². The van der Waals surface area contributed by atoms with Crippen LogP contribution >= 0.6 is 12.2 Å². The summed E-state index contributed by atoms with van der Waals surface area (Å²) in [6.07, 6.45) is 2.47. The maximum absolute atomic E-state index is 5.19. The van der Waals surface area contributed by atoms with Crippen molar-refractivity contribution in [3.8, 4) is 0 Å². The Morgan fingerprint density at radius 3 is 2.62 bits per heavy atom. The highest BCUT2D eigenvalue weighted by atomic mass is 32.1. The molecule has 0 saturated heterocycles. The molecule has 3 nitrogen and oxygen atoms in total. The molecule has 0 radical (unpaired) electrons. The largest absolute Gasteiger partial charge is 0.301 e. The van der Waals surface area contributed by atoms with E-state index in [1.54, 1.807) is 0 Å². The Labute approximate surface area is 83.2 Å². The second kappa shape index (κ2) is 2.67. The van der Waals surface area contributed by atoms with Crippen molar-refractivity contribution in [2.45, 2.75) is 45.1 Å². The minimum Gasteiger partial charge on any atom is -0.301 e. The number of aromatic nitrogens is 3. The molecule has 1 aliphatic rings. The van der Waals surface area contributed by atoms with E-state index in [0.717, 1.165) is 10.6 Å². The van der Waals surface area contributed by atoms with E-state index in [1.807, 2.05) is 0 Å². The number of nitrogens with one attached hydrogen (secondary N) is 1. The molecule has 1 heterocycles. The van der Waals surface area contributed by atoms with E-state index < -0.39 is 0 Å². The van der Waals surface area contributed by atoms with Crippen molar-refractivity contribution < 1.29 is 0 Å². The van der Waals surface area contributed by atoms with Crippen LogP contribution in [0.1, 0.15) is 45.5 Å². The molecule has 0 atom stereocenters. The zero-order valence-corrected chi connectivity index (χ0v) is 9.11. The van der Waals surface area contributed by atoms with Gasteiger partial charge >= 0.3 is 0 Å². The van der Waals surface area contributed by atoms with Crippen LogP contribution in [0.5, 0.6) is 0 Å². The fraction of sp³-hybridized carbons (Fsp3) is 0.778. The number of rotatable bonds is 2. The highest BCUT2D eigenvalue weighted by molar-refractivity contribution is 7.71. The first-order valence-electron chi connectivity index (χ1n) is 4.72. The molecule has 0 aromatic carbocycles. The maximum Gasteiger partial charge on any atom is 0.195 e. The van der Waals surface area contributed by atoms with Gasteiger partial charge in [0.25, 0.3) is 0 Å². The van der Waals surface area contributed by atoms with E-state index in [9.17, 15) is 0 Å². The van der Waals surface area contributed by atoms with Crippen molar-refractivity contribution in [3.05, 3.63) is 10.6 Å². The summed E-state index contributed by atoms with van der Waals surface area (Å²) in [7, 11) is 0. The molecule has 4 heteroatoms. The molecule has 1 fully saturated rings. The van der Waals surface area contributed by atoms with Crippen LogP contribution in [0.25, 0.3) is 0 Å². The Morgan fingerprint density at radius 1 is 1.54 bits per heavy atom. The molecule has 0 bridgehead atoms. The predicted molar refractivity (Wildman–Crippen MR) is 54.4 cm³/mol. The highest BCUT2D eigenvalue weighted by Crippen LogP contribution is 2.47. The van der Waals surface area contributed by atoms with Crippen molar-refractivity contribution in [1.82, 2.24) is 14.8 Å². The third-order valence-corrected chi connectivity index (χ3v) is 3.05. The summed E-state index contributed by atoms with van der Waals surface area (Å²) in [5.74, 6) is 1.13. The molecule has 0 spiro atoms. The minimum atomic E-state index is 0.290. The van der Waals surface area contributed by atoms with Gasteiger partial charge in [0.2, 0.25) is 0 Å². The lowest BCUT2D eigenvalue weighted by Gasteiger charge is -2.13. The SMILES string of the molecule is CC(C)n1c(C2(C)CC2)n[nH]c1=S. The summed E-state index contributed by atoms with van der Waals surface area (Å²) in [4.78, 5) is 0. The van der Waals surface area contributed by atoms with Gasteiger partial charge in [-0.05, 0) is 38.9 Å². The van der Waals surface area contributed by atoms with E-state index in [2.05, 4.69) is 35.5 Å². The Bertz CT molecular complexity index is 370. The smallest absolute Gasteiger partial charge is 0.195 e. The van der Waals surface area contributed by atoms with E-state index in [-0.39, 0.29) is 5.41 Å². The maximum atomic E-state index is 5.19. The van der Waals surface area contributed by atoms with Crippen LogP contribution in [-0.2, 0) is 5.41 Å². The van der Waals surface area contributed by atoms with Crippen LogP contribution in [0.4, 0.5) is 0 Å². The molecule has 0 aliphatic heterocycles. The Hall–Kier alpha value is -0.640. The number of hydrogen-bond donors (Lipinski definition) is 1. The van der Waals surface area contributed by atoms with E-state index in [4.69, 9.17) is 12.2 Å². The molecule has 1 saturated carbocycles. The fourth-order valence-corrected chi connectivity index (χ4v) is 1.96. The topological polar surface area (TPSA) is 33.6 Å². The molecule has 2 rings (SSSR count). The van der Waals surface area contributed by atoms with Gasteiger partial charge in [-0.1, -0.05) is 6.92 Å². The van der Waals surface area contributed by atoms with Crippen molar-refractivity contribution >= 4 is 12.2 Å². The summed E-state index contributed by atoms with van der Waals surface area (Å²) in [6.45, 7) is 6.53. The zero-order valence-electron chi connectivity index (χ0n) is 8.29. The number of aromatic amines is 1. The van der Waals surface area contributed by atoms with Gasteiger partial charge < -0.3 is 4.57 Å². The van der Waals surface area contributed by atoms with Gasteiger partial charge in [-0.3, -0.25) is 5.10 Å². The number of H-pyrrole nitrogens is 1. The molecule has 13 heavy (non-hydrogen) atoms. The van der Waals surface area contributed by atoms with Crippen LogP contribution < -0.4 is 0 Å². The average molecular weight is 197 g/mol. The molecule has 1 aliphatic carbocycles. The summed E-state index contributed by atoms with van der Waals surface area (Å²) < 4.78 is 2.88. The van der Waals surface area contributed by atoms with Crippen molar-refractivity contribution in [3.63, 3.8) is 0 Å². The third-order valence-electron chi connectivity index (χ3n) is 2.76. The van der Waals surface area contributed by atoms with Gasteiger partial charge in [0.1, 0.15) is 5.82 Å². The van der Waals surface area contributed by atoms with E-state index in [1.165, 1.54) is 12.8 Å². The lowest BCUT2D eigenvalue weighted by atomic mass is 10.1. The van der Waals surface area contributed by atoms with Crippen LogP contribution in [0.2, 0.25) is 0 Å². The fourth-order valence-electron chi connectivity index (χ4n) is 1.62. The first kappa shape index (κ1) is 8.94. The van der Waals surface area contributed by atoms with Crippen LogP contribution in [-0.4, -0.2) is 14.8 Å². The molecule has 72 valence electrons. The normalized spacial score (nSPS) is 19.4. The molecule has 0 amide bonds. The van der Waals surface area contributed by atoms with Gasteiger partial charge in [0.15, 0.2) is 4.77 Å². The second-order valence-corrected chi connectivity index (χ2v) is 4.76. The summed E-state index contributed by atoms with van der Waals surface area (Å²) >= 11 is 5.19. The molecule has 0 unspecified atom stereocenters. The van der Waals surface area contributed by atoms with Crippen molar-refractivity contribution in [2.75, 3.05) is 0 Å². The highest BCUT2D eigenvalue weighted by Gasteiger charge is 2.43. The quantitative estimate of drug-likeness (QED) is 0.739. The van der Waals surface area contributed by atoms with Gasteiger partial charge in [0, 0.05) is 11.5 Å². The molecule has 1 aromatic rings. The van der Waals surface area contributed by atoms with Crippen LogP contribution in [0.15, 0.2) is 0 Å². The van der Waals surface area contributed by atoms with Crippen molar-refractivity contribution in [2.24, 2.45) is 0 Å². The molecule has 1 N–H and O–H groups in total. The van der Waals surface area contributed by atoms with Gasteiger partial charge in [-0.25, -0.2) is 0 Å². The Kier molecular flexibility index (Phi) is 1.84. The van der Waals surface area contributed by atoms with Gasteiger partial charge in [0.05, 0.1) is 0 Å². The summed E-state index contributed by atoms with van der Waals surface area (Å²) in [6, 6.07) is 0.402. The van der Waals surface area contributed by atoms with Gasteiger partial charge in [-0.2, -0.15) is 5.10 Å². The van der Waals surface area contributed by atoms with Crippen LogP contribution in [0, 0.1) is 4.77 Å². The third kappa shape index (κ3) is 1.33. The first-order valence-corrected chi connectivity index (χ1v) is 5.13. The predicted octanol–water partition coefficient (Wildman–Crippen LogP) is 2.57. The second-order valence-electron chi connectivity index (χ2n) is 4.38. The summed E-state index contributed by atoms with van der Waals surface area (Å²) in [5, 5.41) is 7.20. The molecular formula is C9H15N3S. The van der Waals surface area contributed by atoms with E-state index >= 15 is 0 Å². The summed E-state index contributed by atoms with van der Waals surface area (Å²) in [5.41, 5.74) is 0.290. The molecule has 1 aromatic heterocycles. The first-order chi connectivity index (χ1) is 6.04. The monoisotopic (exact) mass is 197 g/mol. The van der Waals surface area contributed by atoms with Crippen LogP contribution in [0.3, 0.4) is 0 Å². The number of nitrogens with zero attached hydrogens (tertiary/aromatic N) is 2.